The third-order valence-electron chi connectivity index (χ3n) is 4.81. The van der Waals surface area contributed by atoms with Crippen LogP contribution in [0.25, 0.3) is 0 Å². The van der Waals surface area contributed by atoms with Crippen LogP contribution in [0.5, 0.6) is 0 Å². The first-order chi connectivity index (χ1) is 13.5. The standard InChI is InChI=1S/C25H28N2O/c1-19-14-15-24(22(16-19)18-27(2)3)26-25(28)17-23(20-10-6-4-7-11-20)21-12-8-5-9-13-21/h4-16,23H,17-18H2,1-3H3,(H,26,28). The second-order valence-electron chi connectivity index (χ2n) is 7.52. The van der Waals surface area contributed by atoms with E-state index >= 15 is 0 Å². The Hall–Kier alpha value is -2.91. The molecule has 0 bridgehead atoms. The molecule has 0 heterocycles. The topological polar surface area (TPSA) is 32.3 Å². The number of nitrogens with zero attached hydrogens (tertiary/aromatic N) is 1. The fourth-order valence-electron chi connectivity index (χ4n) is 3.50. The first-order valence-corrected chi connectivity index (χ1v) is 9.67. The molecule has 3 aromatic carbocycles. The summed E-state index contributed by atoms with van der Waals surface area (Å²) in [6.07, 6.45) is 0.406. The lowest BCUT2D eigenvalue weighted by atomic mass is 9.88. The molecule has 144 valence electrons. The number of carbonyl (C=O) groups excluding carboxylic acids is 1. The molecule has 1 amide bonds. The van der Waals surface area contributed by atoms with Crippen LogP contribution >= 0.6 is 0 Å². The van der Waals surface area contributed by atoms with Crippen molar-refractivity contribution in [1.29, 1.82) is 0 Å². The molecule has 0 spiro atoms. The molecular weight excluding hydrogens is 344 g/mol. The van der Waals surface area contributed by atoms with Gasteiger partial charge in [-0.15, -0.1) is 0 Å². The Labute approximate surface area is 168 Å². The van der Waals surface area contributed by atoms with Gasteiger partial charge < -0.3 is 10.2 Å². The molecule has 3 nitrogen and oxygen atoms in total. The number of amides is 1. The average molecular weight is 373 g/mol. The molecule has 28 heavy (non-hydrogen) atoms. The van der Waals surface area contributed by atoms with Crippen molar-refractivity contribution in [3.63, 3.8) is 0 Å². The predicted octanol–water partition coefficient (Wildman–Crippen LogP) is 5.22. The van der Waals surface area contributed by atoms with Gasteiger partial charge in [-0.1, -0.05) is 78.4 Å². The zero-order valence-corrected chi connectivity index (χ0v) is 16.9. The fourth-order valence-corrected chi connectivity index (χ4v) is 3.50. The number of benzene rings is 3. The molecule has 0 atom stereocenters. The van der Waals surface area contributed by atoms with E-state index in [2.05, 4.69) is 47.5 Å². The Bertz CT molecular complexity index is 865. The van der Waals surface area contributed by atoms with Gasteiger partial charge in [-0.2, -0.15) is 0 Å². The second kappa shape index (κ2) is 9.34. The van der Waals surface area contributed by atoms with E-state index in [9.17, 15) is 4.79 Å². The maximum Gasteiger partial charge on any atom is 0.225 e. The van der Waals surface area contributed by atoms with E-state index in [-0.39, 0.29) is 11.8 Å². The zero-order valence-electron chi connectivity index (χ0n) is 16.9. The van der Waals surface area contributed by atoms with Gasteiger partial charge in [-0.25, -0.2) is 0 Å². The minimum absolute atomic E-state index is 0.0292. The molecular formula is C25H28N2O. The highest BCUT2D eigenvalue weighted by Gasteiger charge is 2.19. The molecule has 3 heteroatoms. The van der Waals surface area contributed by atoms with Crippen molar-refractivity contribution >= 4 is 11.6 Å². The van der Waals surface area contributed by atoms with E-state index in [1.165, 1.54) is 5.56 Å². The third kappa shape index (κ3) is 5.30. The highest BCUT2D eigenvalue weighted by molar-refractivity contribution is 5.92. The molecule has 0 aliphatic carbocycles. The summed E-state index contributed by atoms with van der Waals surface area (Å²) in [6.45, 7) is 2.86. The maximum atomic E-state index is 13.0. The summed E-state index contributed by atoms with van der Waals surface area (Å²) in [4.78, 5) is 15.1. The van der Waals surface area contributed by atoms with Crippen molar-refractivity contribution in [1.82, 2.24) is 4.90 Å². The van der Waals surface area contributed by atoms with Crippen molar-refractivity contribution in [2.45, 2.75) is 25.8 Å². The number of hydrogen-bond acceptors (Lipinski definition) is 2. The van der Waals surface area contributed by atoms with Gasteiger partial charge in [0, 0.05) is 24.6 Å². The van der Waals surface area contributed by atoms with Gasteiger partial charge in [-0.3, -0.25) is 4.79 Å². The Morgan fingerprint density at radius 1 is 0.893 bits per heavy atom. The van der Waals surface area contributed by atoms with Crippen molar-refractivity contribution < 1.29 is 4.79 Å². The first-order valence-electron chi connectivity index (χ1n) is 9.67. The highest BCUT2D eigenvalue weighted by atomic mass is 16.1. The van der Waals surface area contributed by atoms with Crippen LogP contribution in [-0.4, -0.2) is 24.9 Å². The van der Waals surface area contributed by atoms with E-state index in [1.807, 2.05) is 62.6 Å². The van der Waals surface area contributed by atoms with E-state index in [4.69, 9.17) is 0 Å². The number of nitrogens with one attached hydrogen (secondary N) is 1. The molecule has 0 aliphatic rings. The van der Waals surface area contributed by atoms with Gasteiger partial charge in [0.1, 0.15) is 0 Å². The van der Waals surface area contributed by atoms with E-state index in [0.29, 0.717) is 6.42 Å². The van der Waals surface area contributed by atoms with Gasteiger partial charge in [0.05, 0.1) is 0 Å². The van der Waals surface area contributed by atoms with E-state index in [0.717, 1.165) is 28.9 Å². The van der Waals surface area contributed by atoms with Crippen molar-refractivity contribution in [2.75, 3.05) is 19.4 Å². The molecule has 3 aromatic rings. The van der Waals surface area contributed by atoms with Crippen LogP contribution in [0.2, 0.25) is 0 Å². The molecule has 0 saturated heterocycles. The number of rotatable bonds is 7. The van der Waals surface area contributed by atoms with Crippen LogP contribution in [0.15, 0.2) is 78.9 Å². The highest BCUT2D eigenvalue weighted by Crippen LogP contribution is 2.29. The summed E-state index contributed by atoms with van der Waals surface area (Å²) in [7, 11) is 4.07. The summed E-state index contributed by atoms with van der Waals surface area (Å²) in [5.74, 6) is 0.0618. The van der Waals surface area contributed by atoms with Gasteiger partial charge in [-0.05, 0) is 43.8 Å². The molecule has 0 radical (unpaired) electrons. The van der Waals surface area contributed by atoms with Crippen LogP contribution in [0, 0.1) is 6.92 Å². The Morgan fingerprint density at radius 3 is 2.00 bits per heavy atom. The smallest absolute Gasteiger partial charge is 0.225 e. The monoisotopic (exact) mass is 372 g/mol. The fraction of sp³-hybridized carbons (Fsp3) is 0.240. The van der Waals surface area contributed by atoms with Gasteiger partial charge in [0.25, 0.3) is 0 Å². The second-order valence-corrected chi connectivity index (χ2v) is 7.52. The minimum atomic E-state index is 0.0292. The lowest BCUT2D eigenvalue weighted by Crippen LogP contribution is -2.19. The zero-order chi connectivity index (χ0) is 19.9. The lowest BCUT2D eigenvalue weighted by Gasteiger charge is -2.19. The van der Waals surface area contributed by atoms with Crippen molar-refractivity contribution in [2.24, 2.45) is 0 Å². The SMILES string of the molecule is Cc1ccc(NC(=O)CC(c2ccccc2)c2ccccc2)c(CN(C)C)c1. The van der Waals surface area contributed by atoms with Crippen LogP contribution < -0.4 is 5.32 Å². The maximum absolute atomic E-state index is 13.0. The molecule has 3 rings (SSSR count). The molecule has 0 fully saturated rings. The van der Waals surface area contributed by atoms with Gasteiger partial charge in [0.2, 0.25) is 5.91 Å². The number of carbonyl (C=O) groups is 1. The summed E-state index contributed by atoms with van der Waals surface area (Å²) in [5, 5.41) is 3.15. The molecule has 0 saturated carbocycles. The number of anilines is 1. The quantitative estimate of drug-likeness (QED) is 0.617. The van der Waals surface area contributed by atoms with Crippen molar-refractivity contribution in [3.05, 3.63) is 101 Å². The van der Waals surface area contributed by atoms with Crippen LogP contribution in [0.3, 0.4) is 0 Å². The van der Waals surface area contributed by atoms with Gasteiger partial charge >= 0.3 is 0 Å². The lowest BCUT2D eigenvalue weighted by molar-refractivity contribution is -0.116. The first kappa shape index (κ1) is 19.8. The summed E-state index contributed by atoms with van der Waals surface area (Å²) >= 11 is 0. The Kier molecular flexibility index (Phi) is 6.62. The Balaban J connectivity index is 1.82. The molecule has 0 unspecified atom stereocenters. The minimum Gasteiger partial charge on any atom is -0.326 e. The molecule has 0 aliphatic heterocycles. The van der Waals surface area contributed by atoms with Crippen LogP contribution in [-0.2, 0) is 11.3 Å². The largest absolute Gasteiger partial charge is 0.326 e. The van der Waals surface area contributed by atoms with E-state index in [1.54, 1.807) is 0 Å². The average Bonchev–Trinajstić information content (AvgIpc) is 2.69. The van der Waals surface area contributed by atoms with Gasteiger partial charge in [0.15, 0.2) is 0 Å². The summed E-state index contributed by atoms with van der Waals surface area (Å²) in [6, 6.07) is 26.7. The molecule has 0 aromatic heterocycles. The van der Waals surface area contributed by atoms with E-state index < -0.39 is 0 Å². The third-order valence-corrected chi connectivity index (χ3v) is 4.81. The van der Waals surface area contributed by atoms with Crippen LogP contribution in [0.1, 0.15) is 34.6 Å². The van der Waals surface area contributed by atoms with Crippen molar-refractivity contribution in [3.8, 4) is 0 Å². The number of hydrogen-bond donors (Lipinski definition) is 1. The normalized spacial score (nSPS) is 11.0. The predicted molar refractivity (Wildman–Crippen MR) is 117 cm³/mol. The number of aryl methyl sites for hydroxylation is 1. The Morgan fingerprint density at radius 2 is 1.46 bits per heavy atom. The molecule has 1 N–H and O–H groups in total. The summed E-state index contributed by atoms with van der Waals surface area (Å²) < 4.78 is 0. The summed E-state index contributed by atoms with van der Waals surface area (Å²) in [5.41, 5.74) is 5.53. The van der Waals surface area contributed by atoms with Crippen LogP contribution in [0.4, 0.5) is 5.69 Å².